The molecule has 0 radical (unpaired) electrons. The normalized spacial score (nSPS) is 16.6. The van der Waals surface area contributed by atoms with Gasteiger partial charge in [0.15, 0.2) is 0 Å². The van der Waals surface area contributed by atoms with Crippen LogP contribution in [0.5, 0.6) is 0 Å². The maximum absolute atomic E-state index is 11.4. The molecular weight excluding hydrogens is 240 g/mol. The molecule has 0 amide bonds. The zero-order valence-electron chi connectivity index (χ0n) is 13.5. The molecule has 0 spiro atoms. The molecule has 0 saturated heterocycles. The molecule has 2 atom stereocenters. The molecule has 0 aliphatic rings. The molecule has 0 rings (SSSR count). The minimum atomic E-state index is -0.818. The van der Waals surface area contributed by atoms with Crippen molar-refractivity contribution in [1.29, 1.82) is 0 Å². The molecule has 2 N–H and O–H groups in total. The van der Waals surface area contributed by atoms with E-state index in [4.69, 9.17) is 0 Å². The van der Waals surface area contributed by atoms with Crippen molar-refractivity contribution in [2.75, 3.05) is 20.1 Å². The molecule has 0 aromatic heterocycles. The van der Waals surface area contributed by atoms with Crippen molar-refractivity contribution in [3.63, 3.8) is 0 Å². The van der Waals surface area contributed by atoms with Crippen molar-refractivity contribution in [1.82, 2.24) is 10.2 Å². The van der Waals surface area contributed by atoms with Gasteiger partial charge >= 0.3 is 5.97 Å². The smallest absolute Gasteiger partial charge is 0.323 e. The van der Waals surface area contributed by atoms with Crippen LogP contribution in [0.15, 0.2) is 0 Å². The van der Waals surface area contributed by atoms with E-state index in [1.165, 1.54) is 0 Å². The van der Waals surface area contributed by atoms with Crippen LogP contribution >= 0.6 is 0 Å². The van der Waals surface area contributed by atoms with Gasteiger partial charge in [0, 0.05) is 12.6 Å². The Hall–Kier alpha value is -0.610. The van der Waals surface area contributed by atoms with Crippen molar-refractivity contribution in [2.24, 2.45) is 5.92 Å². The van der Waals surface area contributed by atoms with Crippen LogP contribution in [0.25, 0.3) is 0 Å². The van der Waals surface area contributed by atoms with Gasteiger partial charge in [-0.15, -0.1) is 0 Å². The van der Waals surface area contributed by atoms with Crippen molar-refractivity contribution in [3.05, 3.63) is 0 Å². The van der Waals surface area contributed by atoms with Crippen LogP contribution in [-0.2, 0) is 4.79 Å². The summed E-state index contributed by atoms with van der Waals surface area (Å²) in [4.78, 5) is 13.7. The highest BCUT2D eigenvalue weighted by atomic mass is 16.4. The van der Waals surface area contributed by atoms with Gasteiger partial charge in [-0.3, -0.25) is 4.79 Å². The fourth-order valence-electron chi connectivity index (χ4n) is 2.15. The molecule has 0 bridgehead atoms. The Bertz CT molecular complexity index is 269. The SMILES string of the molecule is CCCNC(C)(CCN(C)C(C)CC(C)C)C(=O)O. The molecule has 0 fully saturated rings. The lowest BCUT2D eigenvalue weighted by molar-refractivity contribution is -0.144. The molecule has 19 heavy (non-hydrogen) atoms. The number of nitrogens with zero attached hydrogens (tertiary/aromatic N) is 1. The maximum Gasteiger partial charge on any atom is 0.323 e. The highest BCUT2D eigenvalue weighted by molar-refractivity contribution is 5.78. The Labute approximate surface area is 118 Å². The van der Waals surface area contributed by atoms with Gasteiger partial charge in [-0.2, -0.15) is 0 Å². The van der Waals surface area contributed by atoms with Crippen LogP contribution in [0.2, 0.25) is 0 Å². The molecule has 2 unspecified atom stereocenters. The number of aliphatic carboxylic acids is 1. The highest BCUT2D eigenvalue weighted by Gasteiger charge is 2.32. The van der Waals surface area contributed by atoms with Gasteiger partial charge in [0.25, 0.3) is 0 Å². The van der Waals surface area contributed by atoms with E-state index in [1.807, 2.05) is 6.92 Å². The third kappa shape index (κ3) is 6.92. The number of hydrogen-bond acceptors (Lipinski definition) is 3. The van der Waals surface area contributed by atoms with Gasteiger partial charge in [0.2, 0.25) is 0 Å². The third-order valence-electron chi connectivity index (χ3n) is 3.77. The lowest BCUT2D eigenvalue weighted by Gasteiger charge is -2.31. The number of carbonyl (C=O) groups is 1. The van der Waals surface area contributed by atoms with Crippen LogP contribution in [0.1, 0.15) is 53.9 Å². The van der Waals surface area contributed by atoms with E-state index in [9.17, 15) is 9.90 Å². The van der Waals surface area contributed by atoms with E-state index in [1.54, 1.807) is 6.92 Å². The fraction of sp³-hybridized carbons (Fsp3) is 0.933. The minimum Gasteiger partial charge on any atom is -0.480 e. The number of carboxylic acids is 1. The minimum absolute atomic E-state index is 0.490. The summed E-state index contributed by atoms with van der Waals surface area (Å²) in [7, 11) is 2.08. The summed E-state index contributed by atoms with van der Waals surface area (Å²) in [6, 6.07) is 0.490. The van der Waals surface area contributed by atoms with Gasteiger partial charge in [0.1, 0.15) is 5.54 Å². The highest BCUT2D eigenvalue weighted by Crippen LogP contribution is 2.14. The Morgan fingerprint density at radius 3 is 2.37 bits per heavy atom. The van der Waals surface area contributed by atoms with E-state index in [0.717, 1.165) is 25.9 Å². The van der Waals surface area contributed by atoms with E-state index in [-0.39, 0.29) is 0 Å². The summed E-state index contributed by atoms with van der Waals surface area (Å²) in [6.07, 6.45) is 2.71. The van der Waals surface area contributed by atoms with Gasteiger partial charge in [0.05, 0.1) is 0 Å². The first kappa shape index (κ1) is 18.4. The average Bonchev–Trinajstić information content (AvgIpc) is 2.32. The summed E-state index contributed by atoms with van der Waals surface area (Å²) in [5, 5.41) is 12.5. The molecule has 114 valence electrons. The third-order valence-corrected chi connectivity index (χ3v) is 3.77. The summed E-state index contributed by atoms with van der Waals surface area (Å²) in [5.41, 5.74) is -0.818. The van der Waals surface area contributed by atoms with Gasteiger partial charge in [-0.05, 0) is 52.6 Å². The standard InChI is InChI=1S/C15H32N2O2/c1-7-9-16-15(5,14(18)19)8-10-17(6)13(4)11-12(2)3/h12-13,16H,7-11H2,1-6H3,(H,18,19). The van der Waals surface area contributed by atoms with Crippen LogP contribution in [0, 0.1) is 5.92 Å². The van der Waals surface area contributed by atoms with E-state index in [2.05, 4.69) is 38.0 Å². The second-order valence-corrected chi connectivity index (χ2v) is 6.27. The number of carboxylic acid groups (broad SMARTS) is 1. The fourth-order valence-corrected chi connectivity index (χ4v) is 2.15. The molecule has 0 saturated carbocycles. The number of nitrogens with one attached hydrogen (secondary N) is 1. The van der Waals surface area contributed by atoms with Crippen molar-refractivity contribution in [2.45, 2.75) is 65.5 Å². The largest absolute Gasteiger partial charge is 0.480 e. The molecular formula is C15H32N2O2. The van der Waals surface area contributed by atoms with Gasteiger partial charge in [-0.1, -0.05) is 20.8 Å². The summed E-state index contributed by atoms with van der Waals surface area (Å²) < 4.78 is 0. The molecule has 0 aliphatic carbocycles. The monoisotopic (exact) mass is 272 g/mol. The molecule has 4 nitrogen and oxygen atoms in total. The topological polar surface area (TPSA) is 52.6 Å². The first-order valence-corrected chi connectivity index (χ1v) is 7.41. The summed E-state index contributed by atoms with van der Waals surface area (Å²) >= 11 is 0. The Kier molecular flexibility index (Phi) is 8.26. The first-order valence-electron chi connectivity index (χ1n) is 7.41. The zero-order chi connectivity index (χ0) is 15.1. The van der Waals surface area contributed by atoms with Gasteiger partial charge in [-0.25, -0.2) is 0 Å². The Morgan fingerprint density at radius 1 is 1.37 bits per heavy atom. The maximum atomic E-state index is 11.4. The Morgan fingerprint density at radius 2 is 1.95 bits per heavy atom. The van der Waals surface area contributed by atoms with Crippen LogP contribution in [0.4, 0.5) is 0 Å². The lowest BCUT2D eigenvalue weighted by atomic mass is 9.96. The average molecular weight is 272 g/mol. The lowest BCUT2D eigenvalue weighted by Crippen LogP contribution is -2.51. The molecule has 0 aromatic rings. The van der Waals surface area contributed by atoms with Crippen LogP contribution < -0.4 is 5.32 Å². The quantitative estimate of drug-likeness (QED) is 0.642. The van der Waals surface area contributed by atoms with Crippen LogP contribution in [-0.4, -0.2) is 47.7 Å². The summed E-state index contributed by atoms with van der Waals surface area (Å²) in [6.45, 7) is 12.0. The second kappa shape index (κ2) is 8.54. The predicted octanol–water partition coefficient (Wildman–Crippen LogP) is 2.59. The van der Waals surface area contributed by atoms with Crippen LogP contribution in [0.3, 0.4) is 0 Å². The zero-order valence-corrected chi connectivity index (χ0v) is 13.5. The predicted molar refractivity (Wildman–Crippen MR) is 80.5 cm³/mol. The molecule has 0 heterocycles. The number of hydrogen-bond donors (Lipinski definition) is 2. The molecule has 0 aromatic carbocycles. The second-order valence-electron chi connectivity index (χ2n) is 6.27. The van der Waals surface area contributed by atoms with E-state index >= 15 is 0 Å². The summed E-state index contributed by atoms with van der Waals surface area (Å²) in [5.74, 6) is -0.0904. The van der Waals surface area contributed by atoms with E-state index < -0.39 is 11.5 Å². The van der Waals surface area contributed by atoms with Crippen molar-refractivity contribution < 1.29 is 9.90 Å². The van der Waals surface area contributed by atoms with E-state index in [0.29, 0.717) is 18.4 Å². The first-order chi connectivity index (χ1) is 8.73. The Balaban J connectivity index is 4.35. The number of rotatable bonds is 10. The van der Waals surface area contributed by atoms with Gasteiger partial charge < -0.3 is 15.3 Å². The van der Waals surface area contributed by atoms with Crippen molar-refractivity contribution >= 4 is 5.97 Å². The molecule has 0 aliphatic heterocycles. The van der Waals surface area contributed by atoms with Crippen molar-refractivity contribution in [3.8, 4) is 0 Å². The molecule has 4 heteroatoms.